The number of rotatable bonds is 6. The Balaban J connectivity index is 2.20. The fourth-order valence-corrected chi connectivity index (χ4v) is 2.07. The van der Waals surface area contributed by atoms with Crippen molar-refractivity contribution in [2.75, 3.05) is 26.0 Å². The molecule has 10 heteroatoms. The molecule has 0 fully saturated rings. The van der Waals surface area contributed by atoms with E-state index in [1.54, 1.807) is 0 Å². The van der Waals surface area contributed by atoms with Crippen molar-refractivity contribution in [2.24, 2.45) is 0 Å². The molecule has 1 unspecified atom stereocenters. The van der Waals surface area contributed by atoms with Crippen LogP contribution < -0.4 is 16.7 Å². The summed E-state index contributed by atoms with van der Waals surface area (Å²) in [5, 5.41) is 21.7. The molecule has 1 aliphatic heterocycles. The van der Waals surface area contributed by atoms with Gasteiger partial charge in [0.2, 0.25) is 12.1 Å². The molecule has 2 rings (SSSR count). The number of carbonyl (C=O) groups is 1. The fraction of sp³-hybridized carbons (Fsp3) is 0.462. The maximum Gasteiger partial charge on any atom is 0.352 e. The summed E-state index contributed by atoms with van der Waals surface area (Å²) in [7, 11) is 1.49. The predicted molar refractivity (Wildman–Crippen MR) is 78.2 cm³/mol. The number of anilines is 1. The summed E-state index contributed by atoms with van der Waals surface area (Å²) in [6.45, 7) is -0.571. The first-order valence-electron chi connectivity index (χ1n) is 6.84. The maximum absolute atomic E-state index is 11.9. The van der Waals surface area contributed by atoms with Crippen LogP contribution in [0.3, 0.4) is 0 Å². The minimum atomic E-state index is -1.05. The van der Waals surface area contributed by atoms with E-state index in [4.69, 9.17) is 15.2 Å². The summed E-state index contributed by atoms with van der Waals surface area (Å²) in [5.74, 6) is -0.639. The van der Waals surface area contributed by atoms with Crippen molar-refractivity contribution in [3.63, 3.8) is 0 Å². The molecule has 10 nitrogen and oxygen atoms in total. The number of aliphatic hydroxyl groups excluding tert-OH is 2. The predicted octanol–water partition coefficient (Wildman–Crippen LogP) is -1.36. The summed E-state index contributed by atoms with van der Waals surface area (Å²) in [4.78, 5) is 26.7. The first kappa shape index (κ1) is 16.8. The van der Waals surface area contributed by atoms with E-state index in [2.05, 4.69) is 10.3 Å². The van der Waals surface area contributed by atoms with Crippen LogP contribution in [0.2, 0.25) is 0 Å². The van der Waals surface area contributed by atoms with Crippen molar-refractivity contribution in [1.29, 1.82) is 0 Å². The van der Waals surface area contributed by atoms with E-state index in [9.17, 15) is 19.8 Å². The zero-order valence-electron chi connectivity index (χ0n) is 12.4. The first-order valence-corrected chi connectivity index (χ1v) is 6.84. The zero-order chi connectivity index (χ0) is 17.0. The van der Waals surface area contributed by atoms with E-state index in [0.717, 1.165) is 4.57 Å². The van der Waals surface area contributed by atoms with E-state index in [0.29, 0.717) is 0 Å². The second kappa shape index (κ2) is 7.11. The average molecular weight is 326 g/mol. The molecule has 0 saturated heterocycles. The summed E-state index contributed by atoms with van der Waals surface area (Å²) in [6, 6.07) is 1.39. The van der Waals surface area contributed by atoms with Crippen LogP contribution >= 0.6 is 0 Å². The van der Waals surface area contributed by atoms with Gasteiger partial charge >= 0.3 is 5.69 Å². The van der Waals surface area contributed by atoms with Gasteiger partial charge in [0.15, 0.2) is 17.6 Å². The minimum Gasteiger partial charge on any atom is -0.506 e. The van der Waals surface area contributed by atoms with Gasteiger partial charge in [0.25, 0.3) is 0 Å². The lowest BCUT2D eigenvalue weighted by Crippen LogP contribution is -2.35. The topological polar surface area (TPSA) is 149 Å². The van der Waals surface area contributed by atoms with Crippen LogP contribution in [0.1, 0.15) is 12.6 Å². The van der Waals surface area contributed by atoms with Crippen molar-refractivity contribution in [3.8, 4) is 0 Å². The lowest BCUT2D eigenvalue weighted by molar-refractivity contribution is -0.123. The van der Waals surface area contributed by atoms with Crippen molar-refractivity contribution in [1.82, 2.24) is 14.9 Å². The van der Waals surface area contributed by atoms with E-state index in [1.165, 1.54) is 19.3 Å². The molecule has 1 amide bonds. The number of carbonyl (C=O) groups excluding carboxylic acids is 1. The molecule has 1 aromatic rings. The van der Waals surface area contributed by atoms with Gasteiger partial charge in [-0.15, -0.1) is 0 Å². The van der Waals surface area contributed by atoms with Gasteiger partial charge in [0.05, 0.1) is 6.61 Å². The van der Waals surface area contributed by atoms with E-state index < -0.39 is 24.6 Å². The van der Waals surface area contributed by atoms with Crippen LogP contribution in [0.4, 0.5) is 5.82 Å². The highest BCUT2D eigenvalue weighted by Crippen LogP contribution is 2.32. The molecule has 0 radical (unpaired) electrons. The molecular formula is C13H18N4O6. The van der Waals surface area contributed by atoms with Gasteiger partial charge < -0.3 is 30.7 Å². The Morgan fingerprint density at radius 2 is 2.35 bits per heavy atom. The Morgan fingerprint density at radius 1 is 1.61 bits per heavy atom. The number of hydrogen-bond acceptors (Lipinski definition) is 8. The van der Waals surface area contributed by atoms with Crippen LogP contribution in [0.15, 0.2) is 28.6 Å². The fourth-order valence-electron chi connectivity index (χ4n) is 2.07. The first-order chi connectivity index (χ1) is 11.0. The number of hydrogen-bond donors (Lipinski definition) is 4. The molecule has 0 bridgehead atoms. The molecule has 5 N–H and O–H groups in total. The average Bonchev–Trinajstić information content (AvgIpc) is 2.83. The van der Waals surface area contributed by atoms with Crippen molar-refractivity contribution < 1.29 is 24.5 Å². The zero-order valence-corrected chi connectivity index (χ0v) is 12.4. The van der Waals surface area contributed by atoms with E-state index >= 15 is 0 Å². The summed E-state index contributed by atoms with van der Waals surface area (Å²) in [6.07, 6.45) is -0.693. The lowest BCUT2D eigenvalue weighted by atomic mass is 10.2. The highest BCUT2D eigenvalue weighted by Gasteiger charge is 2.39. The van der Waals surface area contributed by atoms with Crippen molar-refractivity contribution in [2.45, 2.75) is 18.8 Å². The van der Waals surface area contributed by atoms with Gasteiger partial charge in [-0.1, -0.05) is 0 Å². The number of nitrogen functional groups attached to an aromatic ring is 1. The second-order valence-corrected chi connectivity index (χ2v) is 4.73. The molecule has 0 aliphatic carbocycles. The summed E-state index contributed by atoms with van der Waals surface area (Å²) >= 11 is 0. The number of nitrogens with two attached hydrogens (primary N) is 1. The molecule has 1 aromatic heterocycles. The number of aliphatic hydroxyl groups is 2. The minimum absolute atomic E-state index is 0.00980. The van der Waals surface area contributed by atoms with Gasteiger partial charge in [0.1, 0.15) is 12.4 Å². The Kier molecular flexibility index (Phi) is 5.19. The lowest BCUT2D eigenvalue weighted by Gasteiger charge is -2.21. The standard InChI is InChI=1S/C13H18N4O6/c1-15-9(19)3-5-22-11-10(20)7(6-18)23-12(11)17-4-2-8(14)16-13(17)21/h2,4,11-12,18,20H,3,5-6H2,1H3,(H,15,19)(H2,14,16,21)/t11?,12-/m1/s1. The molecule has 0 saturated carbocycles. The van der Waals surface area contributed by atoms with Crippen molar-refractivity contribution >= 4 is 11.7 Å². The Bertz CT molecular complexity index is 671. The molecular weight excluding hydrogens is 308 g/mol. The smallest absolute Gasteiger partial charge is 0.352 e. The van der Waals surface area contributed by atoms with Crippen LogP contribution in [-0.4, -0.2) is 52.0 Å². The van der Waals surface area contributed by atoms with Crippen LogP contribution in [0.25, 0.3) is 0 Å². The van der Waals surface area contributed by atoms with Crippen LogP contribution in [0.5, 0.6) is 0 Å². The largest absolute Gasteiger partial charge is 0.506 e. The molecule has 0 aromatic carbocycles. The summed E-state index contributed by atoms with van der Waals surface area (Å²) in [5.41, 5.74) is 4.74. The van der Waals surface area contributed by atoms with Gasteiger partial charge in [-0.2, -0.15) is 4.98 Å². The van der Waals surface area contributed by atoms with Gasteiger partial charge in [-0.3, -0.25) is 9.36 Å². The van der Waals surface area contributed by atoms with Gasteiger partial charge in [-0.25, -0.2) is 4.79 Å². The highest BCUT2D eigenvalue weighted by atomic mass is 16.6. The molecule has 1 aliphatic rings. The quantitative estimate of drug-likeness (QED) is 0.500. The van der Waals surface area contributed by atoms with Gasteiger partial charge in [-0.05, 0) is 6.07 Å². The molecule has 2 atom stereocenters. The number of ether oxygens (including phenoxy) is 2. The summed E-state index contributed by atoms with van der Waals surface area (Å²) < 4.78 is 11.9. The van der Waals surface area contributed by atoms with Gasteiger partial charge in [0, 0.05) is 19.7 Å². The van der Waals surface area contributed by atoms with E-state index in [-0.39, 0.29) is 36.3 Å². The SMILES string of the molecule is CNC(=O)CCOC1C(O)=C(CO)O[C@H]1n1ccc(N)nc1=O. The Morgan fingerprint density at radius 3 is 2.96 bits per heavy atom. The third-order valence-electron chi connectivity index (χ3n) is 3.25. The van der Waals surface area contributed by atoms with Crippen LogP contribution in [-0.2, 0) is 14.3 Å². The number of amides is 1. The second-order valence-electron chi connectivity index (χ2n) is 4.73. The molecule has 2 heterocycles. The normalized spacial score (nSPS) is 20.4. The van der Waals surface area contributed by atoms with Crippen LogP contribution in [0, 0.1) is 0 Å². The van der Waals surface area contributed by atoms with Crippen molar-refractivity contribution in [3.05, 3.63) is 34.3 Å². The van der Waals surface area contributed by atoms with E-state index in [1.807, 2.05) is 0 Å². The monoisotopic (exact) mass is 326 g/mol. The third-order valence-corrected chi connectivity index (χ3v) is 3.25. The number of nitrogens with one attached hydrogen (secondary N) is 1. The number of aromatic nitrogens is 2. The maximum atomic E-state index is 11.9. The molecule has 23 heavy (non-hydrogen) atoms. The molecule has 126 valence electrons. The third kappa shape index (κ3) is 3.60. The Hall–Kier alpha value is -2.59. The number of nitrogens with zero attached hydrogens (tertiary/aromatic N) is 2. The molecule has 0 spiro atoms. The Labute approximate surface area is 131 Å². The highest BCUT2D eigenvalue weighted by molar-refractivity contribution is 5.75.